The van der Waals surface area contributed by atoms with Crippen LogP contribution >= 0.6 is 0 Å². The maximum Gasteiger partial charge on any atom is 0.280 e. The SMILES string of the molecule is Cc1ccc(Cn2c(N)nc3c(=O)[nH]c(N)nc32)o1. The first kappa shape index (κ1) is 11.3. The second kappa shape index (κ2) is 3.87. The lowest BCUT2D eigenvalue weighted by Gasteiger charge is -2.03. The zero-order valence-corrected chi connectivity index (χ0v) is 10.2. The average Bonchev–Trinajstić information content (AvgIpc) is 2.87. The van der Waals surface area contributed by atoms with E-state index in [2.05, 4.69) is 15.0 Å². The van der Waals surface area contributed by atoms with E-state index in [1.54, 1.807) is 4.57 Å². The van der Waals surface area contributed by atoms with Crippen molar-refractivity contribution in [3.8, 4) is 0 Å². The number of H-pyrrole nitrogens is 1. The number of aryl methyl sites for hydroxylation is 1. The van der Waals surface area contributed by atoms with Crippen LogP contribution in [0.2, 0.25) is 0 Å². The summed E-state index contributed by atoms with van der Waals surface area (Å²) in [6.45, 7) is 2.19. The zero-order valence-electron chi connectivity index (χ0n) is 10.2. The van der Waals surface area contributed by atoms with Gasteiger partial charge in [0.25, 0.3) is 5.56 Å². The molecule has 0 saturated heterocycles. The number of furan rings is 1. The fraction of sp³-hybridized carbons (Fsp3) is 0.182. The molecule has 0 spiro atoms. The Labute approximate surface area is 107 Å². The molecular weight excluding hydrogens is 248 g/mol. The number of anilines is 2. The Bertz CT molecular complexity index is 812. The zero-order chi connectivity index (χ0) is 13.6. The van der Waals surface area contributed by atoms with Crippen molar-refractivity contribution in [3.63, 3.8) is 0 Å². The molecule has 0 unspecified atom stereocenters. The van der Waals surface area contributed by atoms with Crippen LogP contribution in [0.3, 0.4) is 0 Å². The van der Waals surface area contributed by atoms with E-state index in [1.165, 1.54) is 0 Å². The third kappa shape index (κ3) is 1.82. The molecule has 3 heterocycles. The number of aromatic nitrogens is 4. The largest absolute Gasteiger partial charge is 0.464 e. The van der Waals surface area contributed by atoms with E-state index in [0.29, 0.717) is 18.0 Å². The smallest absolute Gasteiger partial charge is 0.280 e. The van der Waals surface area contributed by atoms with E-state index in [4.69, 9.17) is 15.9 Å². The maximum absolute atomic E-state index is 11.7. The van der Waals surface area contributed by atoms with Gasteiger partial charge in [0.05, 0.1) is 6.54 Å². The number of aromatic amines is 1. The highest BCUT2D eigenvalue weighted by Crippen LogP contribution is 2.16. The number of nitrogens with zero attached hydrogens (tertiary/aromatic N) is 3. The molecule has 0 radical (unpaired) electrons. The van der Waals surface area contributed by atoms with Crippen molar-refractivity contribution in [2.45, 2.75) is 13.5 Å². The molecule has 0 aliphatic heterocycles. The molecule has 98 valence electrons. The van der Waals surface area contributed by atoms with Gasteiger partial charge >= 0.3 is 0 Å². The van der Waals surface area contributed by atoms with Crippen molar-refractivity contribution in [3.05, 3.63) is 34.0 Å². The summed E-state index contributed by atoms with van der Waals surface area (Å²) in [5.41, 5.74) is 11.4. The van der Waals surface area contributed by atoms with Crippen LogP contribution in [0.15, 0.2) is 21.3 Å². The van der Waals surface area contributed by atoms with Crippen LogP contribution in [0.4, 0.5) is 11.9 Å². The normalized spacial score (nSPS) is 11.2. The molecule has 0 fully saturated rings. The van der Waals surface area contributed by atoms with E-state index >= 15 is 0 Å². The third-order valence-corrected chi connectivity index (χ3v) is 2.76. The fourth-order valence-corrected chi connectivity index (χ4v) is 1.93. The van der Waals surface area contributed by atoms with Gasteiger partial charge in [-0.2, -0.15) is 4.98 Å². The first-order valence-corrected chi connectivity index (χ1v) is 5.61. The molecule has 3 aromatic rings. The molecule has 0 aliphatic rings. The van der Waals surface area contributed by atoms with Crippen LogP contribution in [-0.4, -0.2) is 19.5 Å². The molecule has 8 heteroatoms. The Morgan fingerprint density at radius 2 is 2.16 bits per heavy atom. The predicted octanol–water partition coefficient (Wildman–Crippen LogP) is 0.234. The predicted molar refractivity (Wildman–Crippen MR) is 69.5 cm³/mol. The van der Waals surface area contributed by atoms with Gasteiger partial charge in [0.1, 0.15) is 11.5 Å². The minimum absolute atomic E-state index is 0.0225. The van der Waals surface area contributed by atoms with Gasteiger partial charge in [-0.05, 0) is 19.1 Å². The number of hydrogen-bond acceptors (Lipinski definition) is 6. The summed E-state index contributed by atoms with van der Waals surface area (Å²) in [4.78, 5) is 22.1. The van der Waals surface area contributed by atoms with Gasteiger partial charge < -0.3 is 15.9 Å². The van der Waals surface area contributed by atoms with Crippen LogP contribution in [0.5, 0.6) is 0 Å². The van der Waals surface area contributed by atoms with Gasteiger partial charge in [-0.1, -0.05) is 0 Å². The minimum atomic E-state index is -0.413. The first-order valence-electron chi connectivity index (χ1n) is 5.61. The highest BCUT2D eigenvalue weighted by Gasteiger charge is 2.14. The van der Waals surface area contributed by atoms with Crippen LogP contribution in [0, 0.1) is 6.92 Å². The Morgan fingerprint density at radius 1 is 1.37 bits per heavy atom. The Kier molecular flexibility index (Phi) is 2.31. The summed E-state index contributed by atoms with van der Waals surface area (Å²) in [7, 11) is 0. The molecule has 0 amide bonds. The van der Waals surface area contributed by atoms with Crippen LogP contribution in [-0.2, 0) is 6.54 Å². The van der Waals surface area contributed by atoms with Crippen LogP contribution in [0.25, 0.3) is 11.2 Å². The molecule has 0 bridgehead atoms. The van der Waals surface area contributed by atoms with Gasteiger partial charge in [-0.25, -0.2) is 4.98 Å². The van der Waals surface area contributed by atoms with Gasteiger partial charge in [-0.15, -0.1) is 0 Å². The third-order valence-electron chi connectivity index (χ3n) is 2.76. The van der Waals surface area contributed by atoms with Crippen molar-refractivity contribution in [1.82, 2.24) is 19.5 Å². The molecule has 0 saturated carbocycles. The Balaban J connectivity index is 2.17. The summed E-state index contributed by atoms with van der Waals surface area (Å²) >= 11 is 0. The number of rotatable bonds is 2. The molecule has 3 rings (SSSR count). The second-order valence-corrected chi connectivity index (χ2v) is 4.19. The lowest BCUT2D eigenvalue weighted by Crippen LogP contribution is -2.12. The monoisotopic (exact) mass is 260 g/mol. The molecule has 0 atom stereocenters. The average molecular weight is 260 g/mol. The second-order valence-electron chi connectivity index (χ2n) is 4.19. The lowest BCUT2D eigenvalue weighted by atomic mass is 10.4. The van der Waals surface area contributed by atoms with Crippen molar-refractivity contribution in [2.24, 2.45) is 0 Å². The number of imidazole rings is 1. The summed E-state index contributed by atoms with van der Waals surface area (Å²) in [6.07, 6.45) is 0. The summed E-state index contributed by atoms with van der Waals surface area (Å²) < 4.78 is 7.05. The van der Waals surface area contributed by atoms with Gasteiger partial charge in [0.2, 0.25) is 11.9 Å². The van der Waals surface area contributed by atoms with Crippen LogP contribution in [0.1, 0.15) is 11.5 Å². The fourth-order valence-electron chi connectivity index (χ4n) is 1.93. The summed E-state index contributed by atoms with van der Waals surface area (Å²) in [5.74, 6) is 1.70. The number of hydrogen-bond donors (Lipinski definition) is 3. The van der Waals surface area contributed by atoms with Crippen molar-refractivity contribution < 1.29 is 4.42 Å². The molecular formula is C11H12N6O2. The molecule has 8 nitrogen and oxygen atoms in total. The van der Waals surface area contributed by atoms with Crippen molar-refractivity contribution >= 4 is 23.1 Å². The highest BCUT2D eigenvalue weighted by atomic mass is 16.3. The van der Waals surface area contributed by atoms with Crippen LogP contribution < -0.4 is 17.0 Å². The Hall–Kier alpha value is -2.77. The van der Waals surface area contributed by atoms with E-state index in [-0.39, 0.29) is 17.4 Å². The lowest BCUT2D eigenvalue weighted by molar-refractivity contribution is 0.473. The Morgan fingerprint density at radius 3 is 2.84 bits per heavy atom. The number of nitrogen functional groups attached to an aromatic ring is 2. The molecule has 0 aliphatic carbocycles. The van der Waals surface area contributed by atoms with E-state index in [0.717, 1.165) is 5.76 Å². The summed E-state index contributed by atoms with van der Waals surface area (Å²) in [6, 6.07) is 3.68. The minimum Gasteiger partial charge on any atom is -0.464 e. The quantitative estimate of drug-likeness (QED) is 0.605. The number of nitrogens with one attached hydrogen (secondary N) is 1. The molecule has 0 aromatic carbocycles. The van der Waals surface area contributed by atoms with E-state index in [9.17, 15) is 4.79 Å². The van der Waals surface area contributed by atoms with Gasteiger partial charge in [0, 0.05) is 0 Å². The molecule has 5 N–H and O–H groups in total. The number of nitrogens with two attached hydrogens (primary N) is 2. The van der Waals surface area contributed by atoms with E-state index < -0.39 is 5.56 Å². The van der Waals surface area contributed by atoms with Crippen molar-refractivity contribution in [2.75, 3.05) is 11.5 Å². The topological polar surface area (TPSA) is 129 Å². The molecule has 19 heavy (non-hydrogen) atoms. The number of fused-ring (bicyclic) bond motifs is 1. The van der Waals surface area contributed by atoms with Gasteiger partial charge in [0.15, 0.2) is 11.2 Å². The summed E-state index contributed by atoms with van der Waals surface area (Å²) in [5, 5.41) is 0. The molecule has 3 aromatic heterocycles. The highest BCUT2D eigenvalue weighted by molar-refractivity contribution is 5.74. The van der Waals surface area contributed by atoms with Gasteiger partial charge in [-0.3, -0.25) is 14.3 Å². The van der Waals surface area contributed by atoms with Crippen molar-refractivity contribution in [1.29, 1.82) is 0 Å². The maximum atomic E-state index is 11.7. The standard InChI is InChI=1S/C11H12N6O2/c1-5-2-3-6(19-5)4-17-8-7(14-11(17)13)9(18)16-10(12)15-8/h2-3H,4H2,1H3,(H2,13,14)(H3,12,15,16,18). The van der Waals surface area contributed by atoms with E-state index in [1.807, 2.05) is 19.1 Å². The first-order chi connectivity index (χ1) is 9.04.